The third kappa shape index (κ3) is 37.4. The van der Waals surface area contributed by atoms with E-state index < -0.39 is 53.3 Å². The van der Waals surface area contributed by atoms with Crippen LogP contribution in [0.5, 0.6) is 11.5 Å². The molecule has 0 saturated carbocycles. The Balaban J connectivity index is 0.000000195. The van der Waals surface area contributed by atoms with Gasteiger partial charge in [0.25, 0.3) is 0 Å². The molecular formula is C109H127Br2F3O6SSi5. The van der Waals surface area contributed by atoms with Gasteiger partial charge >= 0.3 is 6.18 Å². The second kappa shape index (κ2) is 51.9. The minimum Gasteiger partial charge on any atom is -0.457 e. The number of benzene rings is 12. The van der Waals surface area contributed by atoms with Gasteiger partial charge in [0, 0.05) is 44.4 Å². The molecule has 660 valence electrons. The van der Waals surface area contributed by atoms with Crippen molar-refractivity contribution < 1.29 is 40.0 Å². The molecule has 0 amide bonds. The zero-order valence-corrected chi connectivity index (χ0v) is 85.1. The predicted octanol–water partition coefficient (Wildman–Crippen LogP) is 29.8. The van der Waals surface area contributed by atoms with Gasteiger partial charge in [-0.15, -0.1) is 11.8 Å². The number of ether oxygens (including phenoxy) is 1. The molecule has 0 fully saturated rings. The Morgan fingerprint density at radius 1 is 0.286 bits per heavy atom. The fourth-order valence-electron chi connectivity index (χ4n) is 14.1. The Morgan fingerprint density at radius 2 is 0.516 bits per heavy atom. The highest BCUT2D eigenvalue weighted by Crippen LogP contribution is 2.31. The van der Waals surface area contributed by atoms with Gasteiger partial charge in [-0.05, 0) is 270 Å². The molecule has 12 aromatic rings. The molecule has 126 heavy (non-hydrogen) atoms. The SMILES string of the molecule is CC(C/C=C\c1cc(Br)cc(Br)c1)O[Si](C)(C)c1ccccc1.CC(C/C=C\c1ccc(-c2ccccc2)cc1)O[Si](C)(C)c1ccccc1.CC(C/C=C\c1ccc(C(F)(F)F)cc1)O[Si](C)(C)c1ccccc1.CC(C/C=C\c1ccc(Oc2ccccc2)cc1)O[Si](C)(C)c1ccccc1.CSc1ccc(/C=C\CC(C)O[Si](C)(C)c2ccccc2)cc1. The standard InChI is InChI=1S/C25H28O2Si.C25H28OSi.C20H23F3OSi.C20H26OSSi.C19H22Br2OSi/c1-21(27-28(2,3)25-15-8-5-9-16-25)11-10-12-22-17-19-24(20-18-22)26-23-13-6-4-7-14-23;1-21(26-27(2,3)25-15-8-5-9-16-25)11-10-12-22-17-19-24(20-18-22)23-13-6-4-7-14-23;1-16(24-25(2,3)19-10-5-4-6-11-19)8-7-9-17-12-14-18(15-13-17)20(21,22)23;1-17(21-23(3,4)20-11-6-5-7-12-20)9-8-10-18-13-15-19(22-2)16-14-18;1-15(22-23(2,3)19-10-5-4-6-11-19)8-7-9-16-12-17(20)14-18(21)13-16/h4-10,12-21H,11H2,1-3H3;4-10,12-21H,11H2,1-3H3;4-7,9-16H,8H2,1-3H3;5-8,10-17H,9H2,1-4H3;4-7,9-15H,8H2,1-3H3/b2*12-10-;9-7-;10-8-;9-7-. The van der Waals surface area contributed by atoms with Crippen molar-refractivity contribution in [3.05, 3.63) is 400 Å². The van der Waals surface area contributed by atoms with Crippen LogP contribution in [0, 0.1) is 0 Å². The number of rotatable bonds is 34. The predicted molar refractivity (Wildman–Crippen MR) is 555 cm³/mol. The molecule has 0 saturated heterocycles. The summed E-state index contributed by atoms with van der Waals surface area (Å²) in [4.78, 5) is 1.30. The summed E-state index contributed by atoms with van der Waals surface area (Å²) < 4.78 is 77.5. The molecule has 17 heteroatoms. The molecule has 0 N–H and O–H groups in total. The average molecular weight is 1920 g/mol. The Morgan fingerprint density at radius 3 is 0.794 bits per heavy atom. The Labute approximate surface area is 778 Å². The van der Waals surface area contributed by atoms with Crippen LogP contribution in [-0.4, -0.2) is 78.4 Å². The number of para-hydroxylation sites is 1. The van der Waals surface area contributed by atoms with Gasteiger partial charge in [0.2, 0.25) is 41.6 Å². The Kier molecular flexibility index (Phi) is 42.3. The monoisotopic (exact) mass is 1920 g/mol. The molecule has 0 aromatic heterocycles. The maximum Gasteiger partial charge on any atom is 0.416 e. The molecule has 5 unspecified atom stereocenters. The van der Waals surface area contributed by atoms with Gasteiger partial charge in [-0.3, -0.25) is 0 Å². The van der Waals surface area contributed by atoms with Gasteiger partial charge in [-0.25, -0.2) is 0 Å². The molecule has 0 aliphatic heterocycles. The van der Waals surface area contributed by atoms with Crippen molar-refractivity contribution in [3.63, 3.8) is 0 Å². The van der Waals surface area contributed by atoms with E-state index in [0.717, 1.165) is 69.4 Å². The normalized spacial score (nSPS) is 13.3. The lowest BCUT2D eigenvalue weighted by Gasteiger charge is -2.27. The summed E-state index contributed by atoms with van der Waals surface area (Å²) in [7, 11) is -9.34. The second-order valence-corrected chi connectivity index (χ2v) is 55.7. The summed E-state index contributed by atoms with van der Waals surface area (Å²) in [6.07, 6.45) is 24.3. The highest BCUT2D eigenvalue weighted by atomic mass is 79.9. The van der Waals surface area contributed by atoms with Gasteiger partial charge < -0.3 is 26.9 Å². The Hall–Kier alpha value is -8.88. The van der Waals surface area contributed by atoms with E-state index in [1.807, 2.05) is 91.9 Å². The van der Waals surface area contributed by atoms with E-state index in [9.17, 15) is 13.2 Å². The van der Waals surface area contributed by atoms with Gasteiger partial charge in [-0.1, -0.05) is 353 Å². The third-order valence-corrected chi connectivity index (χ3v) is 36.1. The largest absolute Gasteiger partial charge is 0.457 e. The number of hydrogen-bond acceptors (Lipinski definition) is 7. The van der Waals surface area contributed by atoms with Crippen molar-refractivity contribution in [2.45, 2.75) is 174 Å². The van der Waals surface area contributed by atoms with Crippen LogP contribution < -0.4 is 30.7 Å². The summed E-state index contributed by atoms with van der Waals surface area (Å²) in [5, 5.41) is 6.61. The fourth-order valence-corrected chi connectivity index (χ4v) is 27.0. The number of thioether (sulfide) groups is 1. The van der Waals surface area contributed by atoms with Crippen molar-refractivity contribution in [1.29, 1.82) is 0 Å². The first-order valence-electron chi connectivity index (χ1n) is 43.4. The van der Waals surface area contributed by atoms with Crippen LogP contribution in [0.15, 0.2) is 372 Å². The quantitative estimate of drug-likeness (QED) is 0.0294. The smallest absolute Gasteiger partial charge is 0.416 e. The summed E-state index contributed by atoms with van der Waals surface area (Å²) in [6, 6.07) is 110. The number of hydrogen-bond donors (Lipinski definition) is 0. The van der Waals surface area contributed by atoms with Gasteiger partial charge in [0.1, 0.15) is 11.5 Å². The van der Waals surface area contributed by atoms with Crippen molar-refractivity contribution in [1.82, 2.24) is 0 Å². The molecule has 0 radical (unpaired) electrons. The first-order valence-corrected chi connectivity index (χ1v) is 60.7. The molecule has 0 bridgehead atoms. The first kappa shape index (κ1) is 103. The van der Waals surface area contributed by atoms with E-state index in [4.69, 9.17) is 26.9 Å². The maximum atomic E-state index is 12.5. The minimum atomic E-state index is -4.29. The third-order valence-electron chi connectivity index (χ3n) is 20.8. The lowest BCUT2D eigenvalue weighted by atomic mass is 10.0. The Bertz CT molecular complexity index is 5230. The molecule has 6 nitrogen and oxygen atoms in total. The maximum absolute atomic E-state index is 12.5. The molecule has 0 heterocycles. The summed E-state index contributed by atoms with van der Waals surface area (Å²) in [6.45, 7) is 33.1. The topological polar surface area (TPSA) is 55.4 Å². The van der Waals surface area contributed by atoms with E-state index in [1.54, 1.807) is 11.8 Å². The van der Waals surface area contributed by atoms with Gasteiger partial charge in [0.15, 0.2) is 0 Å². The van der Waals surface area contributed by atoms with E-state index in [-0.39, 0.29) is 30.5 Å². The molecule has 12 rings (SSSR count). The summed E-state index contributed by atoms with van der Waals surface area (Å²) in [5.41, 5.74) is 7.43. The molecule has 12 aromatic carbocycles. The van der Waals surface area contributed by atoms with Crippen LogP contribution in [0.1, 0.15) is 100 Å². The van der Waals surface area contributed by atoms with Crippen molar-refractivity contribution >= 4 is 142 Å². The average Bonchev–Trinajstić information content (AvgIpc) is 0.853. The van der Waals surface area contributed by atoms with Crippen LogP contribution in [-0.2, 0) is 28.3 Å². The molecule has 0 aliphatic carbocycles. The van der Waals surface area contributed by atoms with Crippen LogP contribution in [0.2, 0.25) is 65.5 Å². The van der Waals surface area contributed by atoms with E-state index in [2.05, 4.69) is 410 Å². The fraction of sp³-hybridized carbons (Fsp3) is 0.248. The zero-order chi connectivity index (χ0) is 91.0. The van der Waals surface area contributed by atoms with Crippen molar-refractivity contribution in [2.24, 2.45) is 0 Å². The first-order chi connectivity index (χ1) is 60.1. The molecule has 0 aliphatic rings. The lowest BCUT2D eigenvalue weighted by Crippen LogP contribution is -2.46. The highest BCUT2D eigenvalue weighted by Gasteiger charge is 2.33. The van der Waals surface area contributed by atoms with Crippen molar-refractivity contribution in [2.75, 3.05) is 6.26 Å². The zero-order valence-electron chi connectivity index (χ0n) is 76.1. The van der Waals surface area contributed by atoms with Crippen LogP contribution in [0.25, 0.3) is 41.5 Å². The minimum absolute atomic E-state index is 0.0487. The van der Waals surface area contributed by atoms with Gasteiger partial charge in [-0.2, -0.15) is 13.2 Å². The van der Waals surface area contributed by atoms with Gasteiger partial charge in [0.05, 0.1) is 5.56 Å². The lowest BCUT2D eigenvalue weighted by molar-refractivity contribution is -0.137. The highest BCUT2D eigenvalue weighted by molar-refractivity contribution is 9.11. The van der Waals surface area contributed by atoms with Crippen molar-refractivity contribution in [3.8, 4) is 22.6 Å². The van der Waals surface area contributed by atoms with Crippen LogP contribution >= 0.6 is 43.6 Å². The number of alkyl halides is 3. The van der Waals surface area contributed by atoms with Crippen LogP contribution in [0.3, 0.4) is 0 Å². The van der Waals surface area contributed by atoms with Crippen LogP contribution in [0.4, 0.5) is 13.2 Å². The molecular weight excluding hydrogens is 1790 g/mol. The molecule has 0 spiro atoms. The van der Waals surface area contributed by atoms with E-state index in [1.165, 1.54) is 70.8 Å². The van der Waals surface area contributed by atoms with E-state index in [0.29, 0.717) is 6.42 Å². The summed E-state index contributed by atoms with van der Waals surface area (Å²) >= 11 is 8.80. The number of halogens is 5. The molecule has 5 atom stereocenters. The summed E-state index contributed by atoms with van der Waals surface area (Å²) in [5.74, 6) is 1.69. The van der Waals surface area contributed by atoms with E-state index >= 15 is 0 Å². The second-order valence-electron chi connectivity index (χ2n) is 33.8.